The number of aryl methyl sites for hydroxylation is 1. The predicted molar refractivity (Wildman–Crippen MR) is 78.3 cm³/mol. The summed E-state index contributed by atoms with van der Waals surface area (Å²) < 4.78 is 12.4. The number of benzene rings is 1. The van der Waals surface area contributed by atoms with Gasteiger partial charge in [-0.3, -0.25) is 0 Å². The van der Waals surface area contributed by atoms with Gasteiger partial charge in [-0.2, -0.15) is 0 Å². The van der Waals surface area contributed by atoms with E-state index in [-0.39, 0.29) is 18.3 Å². The molecule has 19 heavy (non-hydrogen) atoms. The molecular formula is C16H23BO2. The molecule has 2 nitrogen and oxygen atoms in total. The molecule has 102 valence electrons. The summed E-state index contributed by atoms with van der Waals surface area (Å²) >= 11 is 0. The third kappa shape index (κ3) is 2.23. The fourth-order valence-corrected chi connectivity index (χ4v) is 3.04. The molecule has 1 aliphatic carbocycles. The Morgan fingerprint density at radius 3 is 2.21 bits per heavy atom. The lowest BCUT2D eigenvalue weighted by atomic mass is 9.63. The van der Waals surface area contributed by atoms with Crippen molar-refractivity contribution >= 4 is 7.12 Å². The average molecular weight is 258 g/mol. The molecule has 1 unspecified atom stereocenters. The lowest BCUT2D eigenvalue weighted by Crippen LogP contribution is -2.41. The van der Waals surface area contributed by atoms with Gasteiger partial charge in [0.25, 0.3) is 0 Å². The summed E-state index contributed by atoms with van der Waals surface area (Å²) in [5.41, 5.74) is 2.53. The molecule has 1 atom stereocenters. The first-order chi connectivity index (χ1) is 8.89. The Hall–Kier alpha value is -0.795. The van der Waals surface area contributed by atoms with Crippen LogP contribution in [-0.4, -0.2) is 18.3 Å². The molecule has 1 aromatic rings. The van der Waals surface area contributed by atoms with Crippen LogP contribution >= 0.6 is 0 Å². The highest BCUT2D eigenvalue weighted by molar-refractivity contribution is 6.47. The second-order valence-electron chi connectivity index (χ2n) is 6.90. The van der Waals surface area contributed by atoms with E-state index in [9.17, 15) is 0 Å². The molecule has 3 rings (SSSR count). The molecule has 1 aromatic carbocycles. The van der Waals surface area contributed by atoms with E-state index in [4.69, 9.17) is 9.31 Å². The Balaban J connectivity index is 1.77. The largest absolute Gasteiger partial charge is 0.461 e. The Bertz CT molecular complexity index is 465. The zero-order valence-electron chi connectivity index (χ0n) is 12.4. The molecule has 0 saturated carbocycles. The predicted octanol–water partition coefficient (Wildman–Crippen LogP) is 3.64. The van der Waals surface area contributed by atoms with Crippen molar-refractivity contribution in [2.24, 2.45) is 0 Å². The van der Waals surface area contributed by atoms with E-state index < -0.39 is 0 Å². The summed E-state index contributed by atoms with van der Waals surface area (Å²) in [5, 5.41) is 0. The third-order valence-electron chi connectivity index (χ3n) is 5.04. The van der Waals surface area contributed by atoms with Gasteiger partial charge < -0.3 is 9.31 Å². The molecule has 2 aliphatic rings. The van der Waals surface area contributed by atoms with E-state index in [0.29, 0.717) is 5.82 Å². The molecule has 0 amide bonds. The van der Waals surface area contributed by atoms with Crippen molar-refractivity contribution in [1.82, 2.24) is 0 Å². The Morgan fingerprint density at radius 1 is 1.00 bits per heavy atom. The van der Waals surface area contributed by atoms with Gasteiger partial charge in [0.15, 0.2) is 0 Å². The minimum absolute atomic E-state index is 0.0571. The van der Waals surface area contributed by atoms with Crippen molar-refractivity contribution in [3.63, 3.8) is 0 Å². The van der Waals surface area contributed by atoms with Gasteiger partial charge in [0.1, 0.15) is 0 Å². The van der Waals surface area contributed by atoms with E-state index in [1.165, 1.54) is 11.1 Å². The van der Waals surface area contributed by atoms with E-state index >= 15 is 0 Å². The van der Waals surface area contributed by atoms with Crippen LogP contribution < -0.4 is 0 Å². The lowest BCUT2D eigenvalue weighted by molar-refractivity contribution is 0.00578. The first-order valence-electron chi connectivity index (χ1n) is 7.31. The van der Waals surface area contributed by atoms with Crippen LogP contribution in [0.15, 0.2) is 24.3 Å². The first kappa shape index (κ1) is 13.2. The van der Waals surface area contributed by atoms with Crippen LogP contribution in [0.25, 0.3) is 0 Å². The molecule has 1 fully saturated rings. The molecule has 0 aromatic heterocycles. The molecule has 0 radical (unpaired) electrons. The van der Waals surface area contributed by atoms with Gasteiger partial charge in [-0.05, 0) is 63.9 Å². The normalized spacial score (nSPS) is 28.2. The number of hydrogen-bond acceptors (Lipinski definition) is 2. The van der Waals surface area contributed by atoms with E-state index in [1.54, 1.807) is 0 Å². The lowest BCUT2D eigenvalue weighted by Gasteiger charge is -2.32. The molecule has 0 bridgehead atoms. The monoisotopic (exact) mass is 258 g/mol. The van der Waals surface area contributed by atoms with Crippen molar-refractivity contribution in [1.29, 1.82) is 0 Å². The van der Waals surface area contributed by atoms with Gasteiger partial charge in [-0.25, -0.2) is 0 Å². The van der Waals surface area contributed by atoms with Gasteiger partial charge in [0, 0.05) is 0 Å². The maximum absolute atomic E-state index is 6.20. The maximum atomic E-state index is 6.20. The summed E-state index contributed by atoms with van der Waals surface area (Å²) in [4.78, 5) is 0. The van der Waals surface area contributed by atoms with Crippen molar-refractivity contribution in [3.05, 3.63) is 35.4 Å². The van der Waals surface area contributed by atoms with Crippen LogP contribution in [0.4, 0.5) is 0 Å². The zero-order chi connectivity index (χ0) is 13.7. The Labute approximate surface area is 116 Å². The minimum atomic E-state index is -0.214. The van der Waals surface area contributed by atoms with Gasteiger partial charge in [-0.15, -0.1) is 0 Å². The van der Waals surface area contributed by atoms with E-state index in [0.717, 1.165) is 19.3 Å². The van der Waals surface area contributed by atoms with Crippen molar-refractivity contribution in [2.45, 2.75) is 64.0 Å². The van der Waals surface area contributed by atoms with E-state index in [2.05, 4.69) is 52.0 Å². The van der Waals surface area contributed by atoms with Crippen LogP contribution in [0, 0.1) is 0 Å². The van der Waals surface area contributed by atoms with Crippen molar-refractivity contribution in [2.75, 3.05) is 0 Å². The van der Waals surface area contributed by atoms with Gasteiger partial charge in [0.2, 0.25) is 0 Å². The summed E-state index contributed by atoms with van der Waals surface area (Å²) in [6, 6.07) is 8.75. The maximum Gasteiger partial charge on any atom is 0.461 e. The second kappa shape index (κ2) is 4.36. The van der Waals surface area contributed by atoms with Crippen LogP contribution in [0.2, 0.25) is 5.82 Å². The molecule has 0 spiro atoms. The third-order valence-corrected chi connectivity index (χ3v) is 5.04. The van der Waals surface area contributed by atoms with Gasteiger partial charge in [-0.1, -0.05) is 24.3 Å². The van der Waals surface area contributed by atoms with E-state index in [1.807, 2.05) is 0 Å². The summed E-state index contributed by atoms with van der Waals surface area (Å²) in [5.74, 6) is 0.482. The summed E-state index contributed by atoms with van der Waals surface area (Å²) in [6.07, 6.45) is 3.38. The smallest absolute Gasteiger partial charge is 0.403 e. The highest BCUT2D eigenvalue weighted by atomic mass is 16.7. The average Bonchev–Trinajstić information content (AvgIpc) is 2.58. The van der Waals surface area contributed by atoms with Crippen molar-refractivity contribution < 1.29 is 9.31 Å². The van der Waals surface area contributed by atoms with Gasteiger partial charge >= 0.3 is 7.12 Å². The fraction of sp³-hybridized carbons (Fsp3) is 0.625. The van der Waals surface area contributed by atoms with Crippen LogP contribution in [0.1, 0.15) is 45.2 Å². The minimum Gasteiger partial charge on any atom is -0.403 e. The topological polar surface area (TPSA) is 18.5 Å². The number of rotatable bonds is 1. The van der Waals surface area contributed by atoms with Crippen LogP contribution in [0.3, 0.4) is 0 Å². The van der Waals surface area contributed by atoms with Gasteiger partial charge in [0.05, 0.1) is 11.2 Å². The molecule has 0 N–H and O–H groups in total. The zero-order valence-corrected chi connectivity index (χ0v) is 12.4. The molecular weight excluding hydrogens is 235 g/mol. The first-order valence-corrected chi connectivity index (χ1v) is 7.31. The summed E-state index contributed by atoms with van der Waals surface area (Å²) in [7, 11) is -0.0571. The molecule has 1 aliphatic heterocycles. The van der Waals surface area contributed by atoms with Crippen LogP contribution in [0.5, 0.6) is 0 Å². The highest BCUT2D eigenvalue weighted by Crippen LogP contribution is 2.43. The standard InChI is InChI=1S/C16H23BO2/c1-15(2)16(3,4)19-17(18-15)14-10-9-12-7-5-6-8-13(12)11-14/h5-8,14H,9-11H2,1-4H3. The van der Waals surface area contributed by atoms with Crippen molar-refractivity contribution in [3.8, 4) is 0 Å². The molecule has 3 heteroatoms. The quantitative estimate of drug-likeness (QED) is 0.716. The Kier molecular flexibility index (Phi) is 3.03. The van der Waals surface area contributed by atoms with Crippen LogP contribution in [-0.2, 0) is 22.2 Å². The molecule has 1 heterocycles. The summed E-state index contributed by atoms with van der Waals surface area (Å²) in [6.45, 7) is 8.51. The Morgan fingerprint density at radius 2 is 1.58 bits per heavy atom. The fourth-order valence-electron chi connectivity index (χ4n) is 3.04. The molecule has 1 saturated heterocycles. The number of hydrogen-bond donors (Lipinski definition) is 0. The highest BCUT2D eigenvalue weighted by Gasteiger charge is 2.53. The SMILES string of the molecule is CC1(C)OB(C2CCc3ccccc3C2)OC1(C)C. The number of fused-ring (bicyclic) bond motifs is 1. The second-order valence-corrected chi connectivity index (χ2v) is 6.90.